The van der Waals surface area contributed by atoms with Crippen molar-refractivity contribution >= 4 is 47.1 Å². The molecule has 1 aliphatic heterocycles. The van der Waals surface area contributed by atoms with Gasteiger partial charge in [0.2, 0.25) is 0 Å². The molecule has 0 aliphatic carbocycles. The lowest BCUT2D eigenvalue weighted by molar-refractivity contribution is -0.159. The van der Waals surface area contributed by atoms with Crippen molar-refractivity contribution in [3.05, 3.63) is 36.0 Å². The minimum atomic E-state index is -1.40. The highest BCUT2D eigenvalue weighted by Gasteiger charge is 2.33. The molecule has 3 N–H and O–H groups in total. The van der Waals surface area contributed by atoms with Crippen molar-refractivity contribution in [1.82, 2.24) is 20.1 Å². The summed E-state index contributed by atoms with van der Waals surface area (Å²) in [7, 11) is 0. The molecule has 2 amide bonds. The smallest absolute Gasteiger partial charge is 0.409 e. The molecule has 3 rings (SSSR count). The average Bonchev–Trinajstić information content (AvgIpc) is 2.96. The van der Waals surface area contributed by atoms with Crippen LogP contribution in [0.5, 0.6) is 5.75 Å². The maximum atomic E-state index is 13.4. The van der Waals surface area contributed by atoms with Crippen LogP contribution in [0.3, 0.4) is 0 Å². The molecule has 41 heavy (non-hydrogen) atoms. The Morgan fingerprint density at radius 2 is 1.71 bits per heavy atom. The van der Waals surface area contributed by atoms with E-state index in [-0.39, 0.29) is 50.7 Å². The van der Waals surface area contributed by atoms with Gasteiger partial charge in [-0.2, -0.15) is 0 Å². The van der Waals surface area contributed by atoms with E-state index in [1.807, 2.05) is 0 Å². The zero-order valence-corrected chi connectivity index (χ0v) is 22.2. The fourth-order valence-electron chi connectivity index (χ4n) is 4.16. The topological polar surface area (TPSA) is 202 Å². The summed E-state index contributed by atoms with van der Waals surface area (Å²) in [6.07, 6.45) is -1.38. The van der Waals surface area contributed by atoms with E-state index < -0.39 is 55.2 Å². The lowest BCUT2D eigenvalue weighted by atomic mass is 10.0. The second-order valence-electron chi connectivity index (χ2n) is 8.90. The molecule has 2 atom stereocenters. The quantitative estimate of drug-likeness (QED) is 0.168. The normalized spacial score (nSPS) is 14.9. The Morgan fingerprint density at radius 1 is 1.02 bits per heavy atom. The number of rotatable bonds is 13. The Morgan fingerprint density at radius 3 is 2.34 bits per heavy atom. The molecular formula is C26H30N4O11. The van der Waals surface area contributed by atoms with E-state index >= 15 is 0 Å². The zero-order chi connectivity index (χ0) is 29.9. The number of hydrogen-bond acceptors (Lipinski definition) is 11. The molecule has 1 aromatic heterocycles. The lowest BCUT2D eigenvalue weighted by Crippen LogP contribution is -2.57. The largest absolute Gasteiger partial charge is 0.481 e. The predicted octanol–water partition coefficient (Wildman–Crippen LogP) is 0.361. The molecule has 1 aromatic carbocycles. The number of esters is 1. The number of amides is 2. The van der Waals surface area contributed by atoms with Gasteiger partial charge < -0.3 is 39.4 Å². The van der Waals surface area contributed by atoms with Gasteiger partial charge in [0.25, 0.3) is 5.91 Å². The van der Waals surface area contributed by atoms with Crippen LogP contribution < -0.4 is 10.1 Å². The van der Waals surface area contributed by atoms with Gasteiger partial charge in [-0.25, -0.2) is 19.4 Å². The van der Waals surface area contributed by atoms with Gasteiger partial charge in [-0.1, -0.05) is 12.1 Å². The third-order valence-corrected chi connectivity index (χ3v) is 6.12. The fourth-order valence-corrected chi connectivity index (χ4v) is 4.16. The van der Waals surface area contributed by atoms with Crippen LogP contribution in [-0.2, 0) is 28.7 Å². The summed E-state index contributed by atoms with van der Waals surface area (Å²) in [6, 6.07) is 7.94. The second kappa shape index (κ2) is 14.6. The molecule has 2 unspecified atom stereocenters. The summed E-state index contributed by atoms with van der Waals surface area (Å²) in [5, 5.41) is 21.1. The summed E-state index contributed by atoms with van der Waals surface area (Å²) in [5.41, 5.74) is 0.249. The SMILES string of the molecule is CCOC(=O)N1CCN(C(CC(C=O)C(=O)OCC(=O)O)NC(=O)c2cc(OCC(=O)O)c3ccccc3n2)CC1. The number of aliphatic carboxylic acids is 2. The van der Waals surface area contributed by atoms with E-state index in [9.17, 15) is 28.8 Å². The van der Waals surface area contributed by atoms with Crippen molar-refractivity contribution in [1.29, 1.82) is 0 Å². The minimum Gasteiger partial charge on any atom is -0.481 e. The molecule has 1 fully saturated rings. The summed E-state index contributed by atoms with van der Waals surface area (Å²) >= 11 is 0. The number of para-hydroxylation sites is 1. The molecule has 2 heterocycles. The maximum Gasteiger partial charge on any atom is 0.409 e. The van der Waals surface area contributed by atoms with Gasteiger partial charge in [0.05, 0.1) is 18.3 Å². The van der Waals surface area contributed by atoms with Gasteiger partial charge in [0, 0.05) is 44.1 Å². The first kappa shape index (κ1) is 30.7. The Kier molecular flexibility index (Phi) is 10.9. The van der Waals surface area contributed by atoms with Crippen LogP contribution in [0, 0.1) is 5.92 Å². The number of hydrogen-bond donors (Lipinski definition) is 3. The highest BCUT2D eigenvalue weighted by Crippen LogP contribution is 2.26. The number of aldehydes is 1. The van der Waals surface area contributed by atoms with Crippen molar-refractivity contribution in [3.63, 3.8) is 0 Å². The van der Waals surface area contributed by atoms with Crippen molar-refractivity contribution in [2.75, 3.05) is 46.0 Å². The molecule has 0 bridgehead atoms. The number of benzene rings is 1. The van der Waals surface area contributed by atoms with Gasteiger partial charge in [0.15, 0.2) is 13.2 Å². The molecule has 0 spiro atoms. The van der Waals surface area contributed by atoms with Gasteiger partial charge in [-0.05, 0) is 19.1 Å². The number of carbonyl (C=O) groups excluding carboxylic acids is 4. The van der Waals surface area contributed by atoms with E-state index in [0.717, 1.165) is 0 Å². The third kappa shape index (κ3) is 8.60. The Balaban J connectivity index is 1.85. The monoisotopic (exact) mass is 574 g/mol. The number of nitrogens with zero attached hydrogens (tertiary/aromatic N) is 3. The van der Waals surface area contributed by atoms with Gasteiger partial charge >= 0.3 is 24.0 Å². The lowest BCUT2D eigenvalue weighted by Gasteiger charge is -2.39. The van der Waals surface area contributed by atoms with Crippen LogP contribution in [0.4, 0.5) is 4.79 Å². The highest BCUT2D eigenvalue weighted by molar-refractivity contribution is 5.97. The van der Waals surface area contributed by atoms with Crippen LogP contribution >= 0.6 is 0 Å². The van der Waals surface area contributed by atoms with Gasteiger partial charge in [0.1, 0.15) is 23.6 Å². The number of nitrogens with one attached hydrogen (secondary N) is 1. The highest BCUT2D eigenvalue weighted by atomic mass is 16.6. The van der Waals surface area contributed by atoms with Crippen LogP contribution in [0.1, 0.15) is 23.8 Å². The van der Waals surface area contributed by atoms with Crippen molar-refractivity contribution < 1.29 is 53.2 Å². The van der Waals surface area contributed by atoms with Crippen LogP contribution in [0.25, 0.3) is 10.9 Å². The molecular weight excluding hydrogens is 544 g/mol. The summed E-state index contributed by atoms with van der Waals surface area (Å²) in [6.45, 7) is 1.27. The Bertz CT molecular complexity index is 1290. The van der Waals surface area contributed by atoms with Crippen LogP contribution in [-0.4, -0.2) is 113 Å². The number of ether oxygens (including phenoxy) is 3. The summed E-state index contributed by atoms with van der Waals surface area (Å²) < 4.78 is 15.1. The molecule has 15 nitrogen and oxygen atoms in total. The fraction of sp³-hybridized carbons (Fsp3) is 0.423. The molecule has 1 saturated heterocycles. The van der Waals surface area contributed by atoms with Crippen molar-refractivity contribution in [3.8, 4) is 5.75 Å². The standard InChI is InChI=1S/C26H30N4O11/c1-2-39-26(38)30-9-7-29(8-10-30)21(11-16(13-31)25(37)41-15-23(34)35)28-24(36)19-12-20(40-14-22(32)33)17-5-3-4-6-18(17)27-19/h3-6,12-13,16,21H,2,7-11,14-15H2,1H3,(H,28,36)(H,32,33)(H,34,35). The van der Waals surface area contributed by atoms with E-state index in [1.165, 1.54) is 11.0 Å². The first-order valence-electron chi connectivity index (χ1n) is 12.7. The maximum absolute atomic E-state index is 13.4. The van der Waals surface area contributed by atoms with Gasteiger partial charge in [-0.3, -0.25) is 14.5 Å². The predicted molar refractivity (Wildman–Crippen MR) is 139 cm³/mol. The number of carboxylic acid groups (broad SMARTS) is 2. The Hall–Kier alpha value is -4.79. The van der Waals surface area contributed by atoms with Crippen LogP contribution in [0.2, 0.25) is 0 Å². The number of aromatic nitrogens is 1. The number of carbonyl (C=O) groups is 6. The minimum absolute atomic E-state index is 0.115. The number of fused-ring (bicyclic) bond motifs is 1. The number of carboxylic acids is 2. The van der Waals surface area contributed by atoms with Crippen molar-refractivity contribution in [2.24, 2.45) is 5.92 Å². The Labute approximate surface area is 233 Å². The molecule has 0 saturated carbocycles. The van der Waals surface area contributed by atoms with Crippen LogP contribution in [0.15, 0.2) is 30.3 Å². The van der Waals surface area contributed by atoms with Crippen molar-refractivity contribution in [2.45, 2.75) is 19.5 Å². The molecule has 1 aliphatic rings. The second-order valence-corrected chi connectivity index (χ2v) is 8.90. The molecule has 15 heteroatoms. The van der Waals surface area contributed by atoms with E-state index in [4.69, 9.17) is 19.7 Å². The van der Waals surface area contributed by atoms with E-state index in [1.54, 1.807) is 36.1 Å². The van der Waals surface area contributed by atoms with E-state index in [0.29, 0.717) is 17.2 Å². The first-order chi connectivity index (χ1) is 19.6. The zero-order valence-electron chi connectivity index (χ0n) is 22.2. The average molecular weight is 575 g/mol. The molecule has 0 radical (unpaired) electrons. The summed E-state index contributed by atoms with van der Waals surface area (Å²) in [4.78, 5) is 79.1. The molecule has 2 aromatic rings. The third-order valence-electron chi connectivity index (χ3n) is 6.12. The number of pyridine rings is 1. The summed E-state index contributed by atoms with van der Waals surface area (Å²) in [5.74, 6) is -5.68. The van der Waals surface area contributed by atoms with E-state index in [2.05, 4.69) is 15.0 Å². The first-order valence-corrected chi connectivity index (χ1v) is 12.7. The molecule has 220 valence electrons. The van der Waals surface area contributed by atoms with Gasteiger partial charge in [-0.15, -0.1) is 0 Å². The number of piperazine rings is 1.